The lowest BCUT2D eigenvalue weighted by atomic mass is 10.0. The van der Waals surface area contributed by atoms with E-state index in [1.54, 1.807) is 0 Å². The molecule has 0 bridgehead atoms. The molecule has 4 rings (SSSR count). The monoisotopic (exact) mass is 562 g/mol. The van der Waals surface area contributed by atoms with E-state index in [2.05, 4.69) is 60.1 Å². The van der Waals surface area contributed by atoms with Crippen LogP contribution >= 0.6 is 0 Å². The number of hydrogen-bond donors (Lipinski definition) is 0. The zero-order valence-corrected chi connectivity index (χ0v) is 26.2. The van der Waals surface area contributed by atoms with Crippen molar-refractivity contribution in [2.75, 3.05) is 39.4 Å². The van der Waals surface area contributed by atoms with E-state index in [1.807, 2.05) is 38.1 Å². The molecule has 2 aromatic carbocycles. The van der Waals surface area contributed by atoms with Crippen LogP contribution in [0, 0.1) is 0 Å². The number of piperidine rings is 2. The second-order valence-electron chi connectivity index (χ2n) is 11.5. The summed E-state index contributed by atoms with van der Waals surface area (Å²) >= 11 is 0. The van der Waals surface area contributed by atoms with E-state index >= 15 is 0 Å². The topological polar surface area (TPSA) is 42.0 Å². The minimum absolute atomic E-state index is 0.181. The molecule has 0 radical (unpaired) electrons. The fraction of sp³-hybridized carbons (Fsp3) is 0.583. The van der Waals surface area contributed by atoms with Gasteiger partial charge in [-0.2, -0.15) is 0 Å². The predicted molar refractivity (Wildman–Crippen MR) is 172 cm³/mol. The van der Waals surface area contributed by atoms with Gasteiger partial charge < -0.3 is 19.3 Å². The Labute approximate surface area is 249 Å². The molecule has 0 aliphatic carbocycles. The molecular formula is C36H54N2O3. The minimum atomic E-state index is 0.181. The maximum atomic E-state index is 11.5. The van der Waals surface area contributed by atoms with E-state index in [4.69, 9.17) is 9.47 Å². The molecule has 0 saturated carbocycles. The number of likely N-dealkylation sites (tertiary alicyclic amines) is 2. The first-order valence-electron chi connectivity index (χ1n) is 16.1. The molecular weight excluding hydrogens is 508 g/mol. The van der Waals surface area contributed by atoms with Crippen molar-refractivity contribution >= 4 is 11.9 Å². The van der Waals surface area contributed by atoms with E-state index in [9.17, 15) is 4.79 Å². The van der Waals surface area contributed by atoms with Gasteiger partial charge in [-0.1, -0.05) is 44.1 Å². The number of nitrogens with zero attached hydrogens (tertiary/aromatic N) is 2. The van der Waals surface area contributed by atoms with Crippen LogP contribution in [0.5, 0.6) is 11.5 Å². The van der Waals surface area contributed by atoms with Crippen molar-refractivity contribution in [3.8, 4) is 11.5 Å². The van der Waals surface area contributed by atoms with Crippen molar-refractivity contribution in [1.29, 1.82) is 0 Å². The predicted octanol–water partition coefficient (Wildman–Crippen LogP) is 8.29. The Hall–Kier alpha value is -2.63. The molecule has 2 saturated heterocycles. The second-order valence-corrected chi connectivity index (χ2v) is 11.5. The third kappa shape index (κ3) is 12.0. The van der Waals surface area contributed by atoms with Gasteiger partial charge in [-0.15, -0.1) is 0 Å². The average Bonchev–Trinajstić information content (AvgIpc) is 3.00. The van der Waals surface area contributed by atoms with Gasteiger partial charge in [0.25, 0.3) is 0 Å². The van der Waals surface area contributed by atoms with Crippen molar-refractivity contribution in [3.63, 3.8) is 0 Å². The van der Waals surface area contributed by atoms with Crippen LogP contribution in [0.4, 0.5) is 0 Å². The van der Waals surface area contributed by atoms with Crippen molar-refractivity contribution in [1.82, 2.24) is 9.80 Å². The summed E-state index contributed by atoms with van der Waals surface area (Å²) in [5.74, 6) is 2.01. The van der Waals surface area contributed by atoms with Crippen LogP contribution in [0.2, 0.25) is 0 Å². The molecule has 2 aliphatic heterocycles. The summed E-state index contributed by atoms with van der Waals surface area (Å²) in [5, 5.41) is 0. The molecule has 0 amide bonds. The Morgan fingerprint density at radius 1 is 0.780 bits per heavy atom. The van der Waals surface area contributed by atoms with Crippen LogP contribution in [0.25, 0.3) is 6.08 Å². The normalized spacial score (nSPS) is 19.9. The van der Waals surface area contributed by atoms with Crippen molar-refractivity contribution < 1.29 is 14.3 Å². The Morgan fingerprint density at radius 3 is 1.71 bits per heavy atom. The maximum Gasteiger partial charge on any atom is 0.162 e. The fourth-order valence-electron chi connectivity index (χ4n) is 5.70. The Morgan fingerprint density at radius 2 is 1.27 bits per heavy atom. The van der Waals surface area contributed by atoms with Gasteiger partial charge in [0.15, 0.2) is 5.78 Å². The number of ether oxygens (including phenoxy) is 2. The van der Waals surface area contributed by atoms with Gasteiger partial charge in [-0.3, -0.25) is 4.79 Å². The van der Waals surface area contributed by atoms with E-state index in [0.717, 1.165) is 68.3 Å². The van der Waals surface area contributed by atoms with Gasteiger partial charge in [0.05, 0.1) is 13.2 Å². The number of hydrogen-bond acceptors (Lipinski definition) is 5. The molecule has 2 atom stereocenters. The van der Waals surface area contributed by atoms with Crippen LogP contribution in [0.1, 0.15) is 101 Å². The first-order valence-corrected chi connectivity index (χ1v) is 16.1. The smallest absolute Gasteiger partial charge is 0.162 e. The molecule has 0 aromatic heterocycles. The lowest BCUT2D eigenvalue weighted by Gasteiger charge is -2.33. The number of allylic oxidation sites excluding steroid dienone is 1. The second kappa shape index (κ2) is 18.7. The molecule has 226 valence electrons. The highest BCUT2D eigenvalue weighted by molar-refractivity contribution is 5.95. The van der Waals surface area contributed by atoms with Gasteiger partial charge in [0.2, 0.25) is 0 Å². The number of Topliss-reactive ketones (excluding diaryl/α,β-unsaturated/α-hetero) is 1. The highest BCUT2D eigenvalue weighted by Crippen LogP contribution is 2.19. The Balaban J connectivity index is 0.000000226. The quantitative estimate of drug-likeness (QED) is 0.181. The van der Waals surface area contributed by atoms with Crippen molar-refractivity contribution in [2.24, 2.45) is 0 Å². The zero-order valence-electron chi connectivity index (χ0n) is 26.2. The molecule has 0 spiro atoms. The van der Waals surface area contributed by atoms with Gasteiger partial charge in [0, 0.05) is 37.2 Å². The van der Waals surface area contributed by atoms with Crippen LogP contribution in [-0.4, -0.2) is 67.1 Å². The first kappa shape index (κ1) is 32.9. The number of rotatable bonds is 13. The van der Waals surface area contributed by atoms with Crippen LogP contribution in [-0.2, 0) is 0 Å². The molecule has 0 N–H and O–H groups in total. The highest BCUT2D eigenvalue weighted by Gasteiger charge is 2.18. The zero-order chi connectivity index (χ0) is 29.3. The van der Waals surface area contributed by atoms with E-state index in [1.165, 1.54) is 57.2 Å². The highest BCUT2D eigenvalue weighted by atomic mass is 16.5. The average molecular weight is 563 g/mol. The molecule has 2 unspecified atom stereocenters. The molecule has 2 heterocycles. The van der Waals surface area contributed by atoms with Gasteiger partial charge >= 0.3 is 0 Å². The van der Waals surface area contributed by atoms with Crippen molar-refractivity contribution in [3.05, 3.63) is 65.7 Å². The third-order valence-electron chi connectivity index (χ3n) is 8.33. The molecule has 5 heteroatoms. The summed E-state index contributed by atoms with van der Waals surface area (Å²) in [6, 6.07) is 17.3. The lowest BCUT2D eigenvalue weighted by molar-refractivity contribution is 0.0988. The molecule has 2 aromatic rings. The number of ketones is 1. The number of carbonyl (C=O) groups is 1. The molecule has 41 heavy (non-hydrogen) atoms. The van der Waals surface area contributed by atoms with Gasteiger partial charge in [0.1, 0.15) is 11.5 Å². The molecule has 2 aliphatic rings. The first-order chi connectivity index (χ1) is 20.0. The fourth-order valence-corrected chi connectivity index (χ4v) is 5.70. The summed E-state index contributed by atoms with van der Waals surface area (Å²) in [4.78, 5) is 16.7. The lowest BCUT2D eigenvalue weighted by Crippen LogP contribution is -2.38. The molecule has 2 fully saturated rings. The number of benzene rings is 2. The van der Waals surface area contributed by atoms with E-state index < -0.39 is 0 Å². The van der Waals surface area contributed by atoms with Crippen molar-refractivity contribution in [2.45, 2.75) is 97.6 Å². The summed E-state index contributed by atoms with van der Waals surface area (Å²) < 4.78 is 11.6. The standard InChI is InChI=1S/C18H27NO2.C18H27NO/c1-3-18(20)16-8-10-17(11-9-16)21-14-6-13-19-12-5-4-7-15(19)2;1-3-7-17-9-11-18(12-10-17)20-15-6-14-19-13-5-4-8-16(19)2/h8-11,15H,3-7,12-14H2,1-2H3;3,7,9-12,16H,4-6,8,13-15H2,1-2H3. The summed E-state index contributed by atoms with van der Waals surface area (Å²) in [6.07, 6.45) is 15.0. The Kier molecular flexibility index (Phi) is 15.0. The van der Waals surface area contributed by atoms with Crippen LogP contribution < -0.4 is 9.47 Å². The third-order valence-corrected chi connectivity index (χ3v) is 8.33. The SMILES string of the molecule is CC=Cc1ccc(OCCCN2CCCCC2C)cc1.CCC(=O)c1ccc(OCCCN2CCCCC2C)cc1. The number of carbonyl (C=O) groups excluding carboxylic acids is 1. The van der Waals surface area contributed by atoms with E-state index in [-0.39, 0.29) is 5.78 Å². The van der Waals surface area contributed by atoms with Crippen LogP contribution in [0.15, 0.2) is 54.6 Å². The van der Waals surface area contributed by atoms with Gasteiger partial charge in [-0.05, 0) is 114 Å². The maximum absolute atomic E-state index is 11.5. The van der Waals surface area contributed by atoms with Crippen LogP contribution in [0.3, 0.4) is 0 Å². The summed E-state index contributed by atoms with van der Waals surface area (Å²) in [5.41, 5.74) is 1.99. The largest absolute Gasteiger partial charge is 0.494 e. The van der Waals surface area contributed by atoms with Gasteiger partial charge in [-0.25, -0.2) is 0 Å². The molecule has 5 nitrogen and oxygen atoms in total. The summed E-state index contributed by atoms with van der Waals surface area (Å²) in [6.45, 7) is 14.9. The summed E-state index contributed by atoms with van der Waals surface area (Å²) in [7, 11) is 0. The van der Waals surface area contributed by atoms with E-state index in [0.29, 0.717) is 6.42 Å². The minimum Gasteiger partial charge on any atom is -0.494 e. The Bertz CT molecular complexity index is 1020.